The maximum atomic E-state index is 9.03. The van der Waals surface area contributed by atoms with Crippen LogP contribution >= 0.6 is 0 Å². The number of nitrogens with one attached hydrogen (secondary N) is 1. The lowest BCUT2D eigenvalue weighted by atomic mass is 9.83. The van der Waals surface area contributed by atoms with Crippen molar-refractivity contribution in [2.24, 2.45) is 5.92 Å². The van der Waals surface area contributed by atoms with Gasteiger partial charge in [-0.1, -0.05) is 0 Å². The average molecular weight is 168 g/mol. The summed E-state index contributed by atoms with van der Waals surface area (Å²) < 4.78 is 10.4. The number of hydrogen-bond donors (Lipinski definition) is 1. The Morgan fingerprint density at radius 1 is 1.42 bits per heavy atom. The summed E-state index contributed by atoms with van der Waals surface area (Å²) in [6.07, 6.45) is 0. The molecule has 0 aromatic rings. The van der Waals surface area contributed by atoms with E-state index in [-0.39, 0.29) is 0 Å². The largest absolute Gasteiger partial charge is 0.380 e. The van der Waals surface area contributed by atoms with Crippen LogP contribution in [0.2, 0.25) is 0 Å². The van der Waals surface area contributed by atoms with Gasteiger partial charge in [-0.25, -0.2) is 0 Å². The molecule has 1 atom stereocenters. The molecule has 0 bridgehead atoms. The Kier molecular flexibility index (Phi) is 2.01. The van der Waals surface area contributed by atoms with Gasteiger partial charge < -0.3 is 9.47 Å². The number of hydrogen-bond acceptors (Lipinski definition) is 4. The zero-order valence-electron chi connectivity index (χ0n) is 6.88. The first-order chi connectivity index (χ1) is 5.87. The number of nitrogens with zero attached hydrogens (tertiary/aromatic N) is 1. The van der Waals surface area contributed by atoms with E-state index in [0.717, 1.165) is 6.54 Å². The fourth-order valence-electron chi connectivity index (χ4n) is 1.58. The highest BCUT2D eigenvalue weighted by atomic mass is 16.5. The van der Waals surface area contributed by atoms with Gasteiger partial charge in [0, 0.05) is 12.5 Å². The molecule has 0 amide bonds. The lowest BCUT2D eigenvalue weighted by Gasteiger charge is -2.42. The molecule has 0 radical (unpaired) electrons. The average Bonchev–Trinajstić information content (AvgIpc) is 2.03. The van der Waals surface area contributed by atoms with E-state index in [0.29, 0.717) is 32.3 Å². The van der Waals surface area contributed by atoms with Crippen LogP contribution in [0.15, 0.2) is 0 Å². The molecule has 2 aliphatic rings. The van der Waals surface area contributed by atoms with Gasteiger partial charge in [0.05, 0.1) is 32.5 Å². The molecular formula is C8H12N2O2. The Balaban J connectivity index is 2.06. The second-order valence-electron chi connectivity index (χ2n) is 3.30. The molecule has 4 heteroatoms. The molecule has 0 aliphatic carbocycles. The molecule has 1 N–H and O–H groups in total. The van der Waals surface area contributed by atoms with Gasteiger partial charge in [-0.05, 0) is 0 Å². The maximum absolute atomic E-state index is 9.03. The standard InChI is InChI=1S/C8H12N2O2/c9-5-8(7-3-12-4-7)6-11-2-1-10-8/h7,10H,1-4,6H2. The Hall–Kier alpha value is -0.630. The highest BCUT2D eigenvalue weighted by molar-refractivity contribution is 5.14. The van der Waals surface area contributed by atoms with Gasteiger partial charge in [0.1, 0.15) is 5.54 Å². The van der Waals surface area contributed by atoms with Crippen LogP contribution in [-0.2, 0) is 9.47 Å². The molecule has 2 rings (SSSR count). The second-order valence-corrected chi connectivity index (χ2v) is 3.30. The molecular weight excluding hydrogens is 156 g/mol. The van der Waals surface area contributed by atoms with Gasteiger partial charge in [0.15, 0.2) is 0 Å². The summed E-state index contributed by atoms with van der Waals surface area (Å²) in [4.78, 5) is 0. The maximum Gasteiger partial charge on any atom is 0.137 e. The second kappa shape index (κ2) is 3.02. The van der Waals surface area contributed by atoms with Gasteiger partial charge in [0.25, 0.3) is 0 Å². The predicted molar refractivity (Wildman–Crippen MR) is 41.5 cm³/mol. The van der Waals surface area contributed by atoms with Crippen molar-refractivity contribution in [2.75, 3.05) is 33.0 Å². The van der Waals surface area contributed by atoms with E-state index in [1.807, 2.05) is 0 Å². The Morgan fingerprint density at radius 3 is 2.67 bits per heavy atom. The van der Waals surface area contributed by atoms with Crippen LogP contribution in [0.25, 0.3) is 0 Å². The van der Waals surface area contributed by atoms with Crippen molar-refractivity contribution in [1.29, 1.82) is 5.26 Å². The third kappa shape index (κ3) is 1.11. The van der Waals surface area contributed by atoms with Gasteiger partial charge in [0.2, 0.25) is 0 Å². The van der Waals surface area contributed by atoms with Gasteiger partial charge in [-0.3, -0.25) is 5.32 Å². The molecule has 2 saturated heterocycles. The summed E-state index contributed by atoms with van der Waals surface area (Å²) >= 11 is 0. The van der Waals surface area contributed by atoms with Crippen LogP contribution in [0, 0.1) is 17.2 Å². The molecule has 1 unspecified atom stereocenters. The summed E-state index contributed by atoms with van der Waals surface area (Å²) in [7, 11) is 0. The quantitative estimate of drug-likeness (QED) is 0.574. The van der Waals surface area contributed by atoms with Crippen LogP contribution < -0.4 is 5.32 Å². The molecule has 2 aliphatic heterocycles. The third-order valence-electron chi connectivity index (χ3n) is 2.55. The highest BCUT2D eigenvalue weighted by Crippen LogP contribution is 2.26. The minimum absolute atomic E-state index is 0.308. The van der Waals surface area contributed by atoms with Gasteiger partial charge in [-0.15, -0.1) is 0 Å². The van der Waals surface area contributed by atoms with E-state index >= 15 is 0 Å². The van der Waals surface area contributed by atoms with Crippen LogP contribution in [0.5, 0.6) is 0 Å². The highest BCUT2D eigenvalue weighted by Gasteiger charge is 2.44. The van der Waals surface area contributed by atoms with Crippen LogP contribution in [0.1, 0.15) is 0 Å². The molecule has 4 nitrogen and oxygen atoms in total. The van der Waals surface area contributed by atoms with Crippen molar-refractivity contribution in [2.45, 2.75) is 5.54 Å². The summed E-state index contributed by atoms with van der Waals surface area (Å²) in [5.74, 6) is 0.308. The summed E-state index contributed by atoms with van der Waals surface area (Å²) in [5, 5.41) is 12.2. The number of morpholine rings is 1. The Morgan fingerprint density at radius 2 is 2.25 bits per heavy atom. The topological polar surface area (TPSA) is 54.3 Å². The minimum Gasteiger partial charge on any atom is -0.380 e. The smallest absolute Gasteiger partial charge is 0.137 e. The molecule has 66 valence electrons. The molecule has 2 heterocycles. The van der Waals surface area contributed by atoms with E-state index in [2.05, 4.69) is 11.4 Å². The Labute approximate surface area is 71.5 Å². The van der Waals surface area contributed by atoms with Crippen LogP contribution in [0.4, 0.5) is 0 Å². The summed E-state index contributed by atoms with van der Waals surface area (Å²) in [6.45, 7) is 3.34. The summed E-state index contributed by atoms with van der Waals surface area (Å²) in [5.41, 5.74) is -0.476. The zero-order valence-corrected chi connectivity index (χ0v) is 6.88. The normalized spacial score (nSPS) is 36.9. The van der Waals surface area contributed by atoms with E-state index in [1.54, 1.807) is 0 Å². The van der Waals surface area contributed by atoms with Crippen molar-refractivity contribution in [1.82, 2.24) is 5.32 Å². The predicted octanol–water partition coefficient (Wildman–Crippen LogP) is -0.485. The van der Waals surface area contributed by atoms with Crippen LogP contribution in [-0.4, -0.2) is 38.5 Å². The van der Waals surface area contributed by atoms with E-state index in [9.17, 15) is 0 Å². The van der Waals surface area contributed by atoms with Crippen molar-refractivity contribution in [3.8, 4) is 6.07 Å². The molecule has 0 aromatic heterocycles. The monoisotopic (exact) mass is 168 g/mol. The zero-order chi connectivity index (χ0) is 8.44. The van der Waals surface area contributed by atoms with Crippen LogP contribution in [0.3, 0.4) is 0 Å². The number of nitriles is 1. The first-order valence-corrected chi connectivity index (χ1v) is 4.19. The molecule has 12 heavy (non-hydrogen) atoms. The fraction of sp³-hybridized carbons (Fsp3) is 0.875. The Bertz CT molecular complexity index is 202. The van der Waals surface area contributed by atoms with Gasteiger partial charge >= 0.3 is 0 Å². The number of ether oxygens (including phenoxy) is 2. The number of rotatable bonds is 1. The first-order valence-electron chi connectivity index (χ1n) is 4.19. The lowest BCUT2D eigenvalue weighted by Crippen LogP contribution is -2.62. The van der Waals surface area contributed by atoms with Gasteiger partial charge in [-0.2, -0.15) is 5.26 Å². The molecule has 0 aromatic carbocycles. The van der Waals surface area contributed by atoms with E-state index < -0.39 is 5.54 Å². The van der Waals surface area contributed by atoms with E-state index in [4.69, 9.17) is 14.7 Å². The molecule has 2 fully saturated rings. The van der Waals surface area contributed by atoms with Crippen molar-refractivity contribution in [3.05, 3.63) is 0 Å². The lowest BCUT2D eigenvalue weighted by molar-refractivity contribution is -0.0957. The fourth-order valence-corrected chi connectivity index (χ4v) is 1.58. The van der Waals surface area contributed by atoms with Crippen molar-refractivity contribution >= 4 is 0 Å². The van der Waals surface area contributed by atoms with Crippen molar-refractivity contribution < 1.29 is 9.47 Å². The summed E-state index contributed by atoms with van der Waals surface area (Å²) in [6, 6.07) is 2.30. The molecule has 0 saturated carbocycles. The van der Waals surface area contributed by atoms with E-state index in [1.165, 1.54) is 0 Å². The molecule has 0 spiro atoms. The SMILES string of the molecule is N#CC1(C2COC2)COCCN1. The first kappa shape index (κ1) is 7.99. The van der Waals surface area contributed by atoms with Crippen molar-refractivity contribution in [3.63, 3.8) is 0 Å². The minimum atomic E-state index is -0.476. The third-order valence-corrected chi connectivity index (χ3v) is 2.55.